The predicted octanol–water partition coefficient (Wildman–Crippen LogP) is 4.62. The van der Waals surface area contributed by atoms with Gasteiger partial charge < -0.3 is 10.2 Å². The van der Waals surface area contributed by atoms with Crippen LogP contribution in [0.5, 0.6) is 0 Å². The summed E-state index contributed by atoms with van der Waals surface area (Å²) in [5, 5.41) is 3.56. The van der Waals surface area contributed by atoms with Gasteiger partial charge in [-0.25, -0.2) is 4.39 Å². The van der Waals surface area contributed by atoms with E-state index in [2.05, 4.69) is 5.32 Å². The Bertz CT molecular complexity index is 821. The first kappa shape index (κ1) is 22.2. The maximum Gasteiger partial charge on any atom is 0.242 e. The lowest BCUT2D eigenvalue weighted by molar-refractivity contribution is -0.140. The number of benzene rings is 2. The molecule has 0 fully saturated rings. The van der Waals surface area contributed by atoms with Crippen LogP contribution in [0.15, 0.2) is 42.5 Å². The lowest BCUT2D eigenvalue weighted by Gasteiger charge is -2.29. The Balaban J connectivity index is 2.29. The second-order valence-electron chi connectivity index (χ2n) is 6.86. The van der Waals surface area contributed by atoms with Gasteiger partial charge in [-0.2, -0.15) is 0 Å². The molecule has 28 heavy (non-hydrogen) atoms. The van der Waals surface area contributed by atoms with E-state index in [0.717, 1.165) is 5.56 Å². The van der Waals surface area contributed by atoms with Gasteiger partial charge in [0, 0.05) is 28.2 Å². The Morgan fingerprint density at radius 1 is 1.07 bits per heavy atom. The van der Waals surface area contributed by atoms with Crippen LogP contribution in [0, 0.1) is 5.82 Å². The van der Waals surface area contributed by atoms with Crippen molar-refractivity contribution in [3.8, 4) is 0 Å². The van der Waals surface area contributed by atoms with Crippen LogP contribution in [0.1, 0.15) is 31.9 Å². The van der Waals surface area contributed by atoms with Crippen molar-refractivity contribution < 1.29 is 14.0 Å². The number of carbonyl (C=O) groups excluding carboxylic acids is 2. The van der Waals surface area contributed by atoms with Crippen molar-refractivity contribution in [2.45, 2.75) is 45.8 Å². The zero-order chi connectivity index (χ0) is 20.8. The number of carbonyl (C=O) groups is 2. The fourth-order valence-electron chi connectivity index (χ4n) is 2.73. The molecular formula is C21H23Cl2FN2O2. The van der Waals surface area contributed by atoms with E-state index in [4.69, 9.17) is 23.2 Å². The highest BCUT2D eigenvalue weighted by molar-refractivity contribution is 6.31. The molecule has 0 aliphatic rings. The van der Waals surface area contributed by atoms with Crippen molar-refractivity contribution >= 4 is 35.0 Å². The SMILES string of the molecule is CC(C)NC(=O)[C@H](C)N(Cc1ccc(Cl)cc1)C(=O)Cc1c(F)cccc1Cl. The highest BCUT2D eigenvalue weighted by Crippen LogP contribution is 2.22. The third-order valence-corrected chi connectivity index (χ3v) is 4.86. The number of nitrogens with zero attached hydrogens (tertiary/aromatic N) is 1. The molecule has 1 N–H and O–H groups in total. The highest BCUT2D eigenvalue weighted by Gasteiger charge is 2.27. The van der Waals surface area contributed by atoms with Crippen LogP contribution in [0.3, 0.4) is 0 Å². The molecule has 7 heteroatoms. The van der Waals surface area contributed by atoms with E-state index < -0.39 is 17.8 Å². The summed E-state index contributed by atoms with van der Waals surface area (Å²) in [6, 6.07) is 10.5. The molecule has 0 heterocycles. The fraction of sp³-hybridized carbons (Fsp3) is 0.333. The number of rotatable bonds is 7. The van der Waals surface area contributed by atoms with Gasteiger partial charge in [0.25, 0.3) is 0 Å². The average molecular weight is 425 g/mol. The minimum atomic E-state index is -0.740. The largest absolute Gasteiger partial charge is 0.352 e. The molecule has 0 saturated carbocycles. The van der Waals surface area contributed by atoms with Crippen molar-refractivity contribution in [3.63, 3.8) is 0 Å². The summed E-state index contributed by atoms with van der Waals surface area (Å²) in [5.74, 6) is -1.23. The number of hydrogen-bond donors (Lipinski definition) is 1. The lowest BCUT2D eigenvalue weighted by atomic mass is 10.1. The van der Waals surface area contributed by atoms with Crippen molar-refractivity contribution in [1.29, 1.82) is 0 Å². The van der Waals surface area contributed by atoms with Crippen LogP contribution in [0.4, 0.5) is 4.39 Å². The molecule has 0 spiro atoms. The summed E-state index contributed by atoms with van der Waals surface area (Å²) in [6.45, 7) is 5.52. The van der Waals surface area contributed by atoms with Gasteiger partial charge in [-0.1, -0.05) is 41.4 Å². The summed E-state index contributed by atoms with van der Waals surface area (Å²) in [6.07, 6.45) is -0.238. The topological polar surface area (TPSA) is 49.4 Å². The van der Waals surface area contributed by atoms with Gasteiger partial charge in [-0.3, -0.25) is 9.59 Å². The summed E-state index contributed by atoms with van der Waals surface area (Å²) >= 11 is 12.0. The number of hydrogen-bond acceptors (Lipinski definition) is 2. The van der Waals surface area contributed by atoms with Gasteiger partial charge in [0.2, 0.25) is 11.8 Å². The first-order valence-electron chi connectivity index (χ1n) is 8.96. The van der Waals surface area contributed by atoms with Crippen LogP contribution in [-0.4, -0.2) is 28.8 Å². The maximum absolute atomic E-state index is 14.1. The second-order valence-corrected chi connectivity index (χ2v) is 7.71. The van der Waals surface area contributed by atoms with Crippen molar-refractivity contribution in [2.75, 3.05) is 0 Å². The molecule has 0 aliphatic carbocycles. The zero-order valence-electron chi connectivity index (χ0n) is 16.0. The van der Waals surface area contributed by atoms with Gasteiger partial charge >= 0.3 is 0 Å². The Morgan fingerprint density at radius 3 is 2.29 bits per heavy atom. The van der Waals surface area contributed by atoms with Gasteiger partial charge in [-0.05, 0) is 50.6 Å². The molecule has 2 aromatic carbocycles. The van der Waals surface area contributed by atoms with Crippen LogP contribution in [-0.2, 0) is 22.6 Å². The summed E-state index contributed by atoms with van der Waals surface area (Å²) in [4.78, 5) is 26.9. The minimum Gasteiger partial charge on any atom is -0.352 e. The van der Waals surface area contributed by atoms with E-state index in [1.807, 2.05) is 13.8 Å². The summed E-state index contributed by atoms with van der Waals surface area (Å²) in [7, 11) is 0. The number of amides is 2. The van der Waals surface area contributed by atoms with E-state index in [9.17, 15) is 14.0 Å². The normalized spacial score (nSPS) is 12.0. The molecule has 4 nitrogen and oxygen atoms in total. The molecule has 2 rings (SSSR count). The number of halogens is 3. The quantitative estimate of drug-likeness (QED) is 0.704. The van der Waals surface area contributed by atoms with E-state index in [-0.39, 0.29) is 35.5 Å². The third kappa shape index (κ3) is 5.94. The minimum absolute atomic E-state index is 0.0663. The summed E-state index contributed by atoms with van der Waals surface area (Å²) in [5.41, 5.74) is 0.924. The smallest absolute Gasteiger partial charge is 0.242 e. The molecule has 0 bridgehead atoms. The lowest BCUT2D eigenvalue weighted by Crippen LogP contribution is -2.49. The first-order chi connectivity index (χ1) is 13.2. The van der Waals surface area contributed by atoms with E-state index in [1.165, 1.54) is 23.1 Å². The molecule has 0 aliphatic heterocycles. The second kappa shape index (κ2) is 9.89. The fourth-order valence-corrected chi connectivity index (χ4v) is 3.08. The zero-order valence-corrected chi connectivity index (χ0v) is 17.5. The van der Waals surface area contributed by atoms with Crippen LogP contribution in [0.2, 0.25) is 10.0 Å². The molecule has 2 aromatic rings. The Hall–Kier alpha value is -2.11. The van der Waals surface area contributed by atoms with Crippen molar-refractivity contribution in [3.05, 3.63) is 69.5 Å². The van der Waals surface area contributed by atoms with Gasteiger partial charge in [0.1, 0.15) is 11.9 Å². The Labute approximate surface area is 174 Å². The van der Waals surface area contributed by atoms with E-state index >= 15 is 0 Å². The molecule has 0 unspecified atom stereocenters. The molecule has 0 saturated heterocycles. The molecule has 0 aromatic heterocycles. The standard InChI is InChI=1S/C21H23Cl2FN2O2/c1-13(2)25-21(28)14(3)26(12-15-7-9-16(22)10-8-15)20(27)11-17-18(23)5-4-6-19(17)24/h4-10,13-14H,11-12H2,1-3H3,(H,25,28)/t14-/m0/s1. The third-order valence-electron chi connectivity index (χ3n) is 4.25. The molecule has 1 atom stereocenters. The predicted molar refractivity (Wildman–Crippen MR) is 110 cm³/mol. The van der Waals surface area contributed by atoms with Gasteiger partial charge in [0.15, 0.2) is 0 Å². The monoisotopic (exact) mass is 424 g/mol. The van der Waals surface area contributed by atoms with Gasteiger partial charge in [0.05, 0.1) is 6.42 Å². The Morgan fingerprint density at radius 2 is 1.71 bits per heavy atom. The van der Waals surface area contributed by atoms with Crippen molar-refractivity contribution in [2.24, 2.45) is 0 Å². The first-order valence-corrected chi connectivity index (χ1v) is 9.71. The van der Waals surface area contributed by atoms with Crippen molar-refractivity contribution in [1.82, 2.24) is 10.2 Å². The molecular weight excluding hydrogens is 402 g/mol. The van der Waals surface area contributed by atoms with Gasteiger partial charge in [-0.15, -0.1) is 0 Å². The molecule has 150 valence electrons. The molecule has 0 radical (unpaired) electrons. The number of nitrogens with one attached hydrogen (secondary N) is 1. The Kier molecular flexibility index (Phi) is 7.84. The average Bonchev–Trinajstić information content (AvgIpc) is 2.63. The van der Waals surface area contributed by atoms with E-state index in [0.29, 0.717) is 5.02 Å². The molecule has 2 amide bonds. The van der Waals surface area contributed by atoms with Crippen LogP contribution >= 0.6 is 23.2 Å². The van der Waals surface area contributed by atoms with Crippen LogP contribution < -0.4 is 5.32 Å². The van der Waals surface area contributed by atoms with Crippen LogP contribution in [0.25, 0.3) is 0 Å². The maximum atomic E-state index is 14.1. The summed E-state index contributed by atoms with van der Waals surface area (Å²) < 4.78 is 14.1. The van der Waals surface area contributed by atoms with E-state index in [1.54, 1.807) is 31.2 Å². The highest BCUT2D eigenvalue weighted by atomic mass is 35.5.